The molecule has 0 bridgehead atoms. The van der Waals surface area contributed by atoms with Gasteiger partial charge < -0.3 is 0 Å². The van der Waals surface area contributed by atoms with Gasteiger partial charge in [0.05, 0.1) is 6.54 Å². The van der Waals surface area contributed by atoms with E-state index in [1.165, 1.54) is 0 Å². The first-order valence-electron chi connectivity index (χ1n) is 2.50. The van der Waals surface area contributed by atoms with E-state index in [-0.39, 0.29) is 0 Å². The van der Waals surface area contributed by atoms with E-state index in [1.807, 2.05) is 0 Å². The molecule has 0 N–H and O–H groups in total. The Morgan fingerprint density at radius 2 is 2.14 bits per heavy atom. The maximum Gasteiger partial charge on any atom is 0.0811 e. The largest absolute Gasteiger partial charge is 0.151 e. The van der Waals surface area contributed by atoms with Gasteiger partial charge in [0.1, 0.15) is 0 Å². The number of unbranched alkanes of at least 4 members (excludes halogenated alkanes) is 2. The summed E-state index contributed by atoms with van der Waals surface area (Å²) in [4.78, 5) is 9.41. The Labute approximate surface area is 43.9 Å². The molecule has 41 valence electrons. The first-order valence-corrected chi connectivity index (χ1v) is 2.50. The number of nitrogens with zero attached hydrogens (tertiary/aromatic N) is 1. The van der Waals surface area contributed by atoms with Crippen LogP contribution < -0.4 is 0 Å². The average Bonchev–Trinajstić information content (AvgIpc) is 1.69. The maximum absolute atomic E-state index is 9.41. The summed E-state index contributed by atoms with van der Waals surface area (Å²) < 4.78 is 0. The monoisotopic (exact) mass is 100 g/mol. The van der Waals surface area contributed by atoms with Crippen molar-refractivity contribution >= 4 is 0 Å². The van der Waals surface area contributed by atoms with Gasteiger partial charge in [0.15, 0.2) is 0 Å². The van der Waals surface area contributed by atoms with Gasteiger partial charge in [-0.1, -0.05) is 24.9 Å². The van der Waals surface area contributed by atoms with E-state index in [4.69, 9.17) is 0 Å². The third kappa shape index (κ3) is 5.60. The molecule has 0 aliphatic rings. The molecule has 0 aromatic rings. The van der Waals surface area contributed by atoms with Crippen molar-refractivity contribution in [2.75, 3.05) is 6.54 Å². The van der Waals surface area contributed by atoms with E-state index in [9.17, 15) is 4.91 Å². The fourth-order valence-corrected chi connectivity index (χ4v) is 0.353. The van der Waals surface area contributed by atoms with Crippen LogP contribution in [0.1, 0.15) is 19.3 Å². The SMILES string of the molecule is [CH2]CCCCN=O. The molecule has 0 amide bonds. The van der Waals surface area contributed by atoms with Gasteiger partial charge in [-0.2, -0.15) is 4.91 Å². The summed E-state index contributed by atoms with van der Waals surface area (Å²) in [6, 6.07) is 0. The summed E-state index contributed by atoms with van der Waals surface area (Å²) >= 11 is 0. The van der Waals surface area contributed by atoms with Gasteiger partial charge in [-0.15, -0.1) is 0 Å². The third-order valence-electron chi connectivity index (χ3n) is 0.749. The predicted octanol–water partition coefficient (Wildman–Crippen LogP) is 1.76. The molecule has 0 aromatic carbocycles. The molecule has 0 aromatic heterocycles. The zero-order valence-corrected chi connectivity index (χ0v) is 4.39. The van der Waals surface area contributed by atoms with Crippen LogP contribution in [0.3, 0.4) is 0 Å². The van der Waals surface area contributed by atoms with E-state index in [1.54, 1.807) is 0 Å². The van der Waals surface area contributed by atoms with E-state index in [2.05, 4.69) is 12.1 Å². The quantitative estimate of drug-likeness (QED) is 0.391. The van der Waals surface area contributed by atoms with Crippen molar-refractivity contribution in [3.8, 4) is 0 Å². The minimum atomic E-state index is 0.454. The van der Waals surface area contributed by atoms with Crippen LogP contribution in [0.4, 0.5) is 0 Å². The number of hydrogen-bond donors (Lipinski definition) is 0. The first-order chi connectivity index (χ1) is 3.41. The number of nitroso groups, excluding NO2 is 1. The topological polar surface area (TPSA) is 29.4 Å². The highest BCUT2D eigenvalue weighted by molar-refractivity contribution is 4.44. The maximum atomic E-state index is 9.41. The fourth-order valence-electron chi connectivity index (χ4n) is 0.353. The van der Waals surface area contributed by atoms with Crippen LogP contribution in [0.5, 0.6) is 0 Å². The van der Waals surface area contributed by atoms with Gasteiger partial charge >= 0.3 is 0 Å². The van der Waals surface area contributed by atoms with Crippen molar-refractivity contribution in [1.29, 1.82) is 0 Å². The van der Waals surface area contributed by atoms with E-state index < -0.39 is 0 Å². The molecule has 0 saturated heterocycles. The Morgan fingerprint density at radius 1 is 1.43 bits per heavy atom. The van der Waals surface area contributed by atoms with Gasteiger partial charge in [0.25, 0.3) is 0 Å². The standard InChI is InChI=1S/C5H10NO/c1-2-3-4-5-6-7/h1-5H2. The van der Waals surface area contributed by atoms with Crippen LogP contribution in [0.15, 0.2) is 5.18 Å². The highest BCUT2D eigenvalue weighted by atomic mass is 16.3. The van der Waals surface area contributed by atoms with Gasteiger partial charge in [0.2, 0.25) is 0 Å². The van der Waals surface area contributed by atoms with E-state index in [0.29, 0.717) is 6.54 Å². The predicted molar refractivity (Wildman–Crippen MR) is 29.9 cm³/mol. The van der Waals surface area contributed by atoms with Crippen LogP contribution in [0, 0.1) is 11.8 Å². The van der Waals surface area contributed by atoms with Crippen LogP contribution in [-0.2, 0) is 0 Å². The second kappa shape index (κ2) is 5.60. The van der Waals surface area contributed by atoms with Gasteiger partial charge in [0, 0.05) is 0 Å². The lowest BCUT2D eigenvalue weighted by Gasteiger charge is -1.84. The van der Waals surface area contributed by atoms with Crippen LogP contribution in [0.25, 0.3) is 0 Å². The van der Waals surface area contributed by atoms with Crippen LogP contribution in [0.2, 0.25) is 0 Å². The Kier molecular flexibility index (Phi) is 5.28. The summed E-state index contributed by atoms with van der Waals surface area (Å²) in [6.07, 6.45) is 2.83. The van der Waals surface area contributed by atoms with Crippen molar-refractivity contribution < 1.29 is 0 Å². The number of rotatable bonds is 4. The lowest BCUT2D eigenvalue weighted by Crippen LogP contribution is -1.76. The molecule has 0 saturated carbocycles. The van der Waals surface area contributed by atoms with Crippen molar-refractivity contribution in [2.24, 2.45) is 5.18 Å². The minimum Gasteiger partial charge on any atom is -0.151 e. The zero-order chi connectivity index (χ0) is 5.54. The molecule has 0 rings (SSSR count). The summed E-state index contributed by atoms with van der Waals surface area (Å²) in [5.41, 5.74) is 0. The molecule has 2 nitrogen and oxygen atoms in total. The van der Waals surface area contributed by atoms with Gasteiger partial charge in [-0.3, -0.25) is 0 Å². The lowest BCUT2D eigenvalue weighted by molar-refractivity contribution is 0.755. The minimum absolute atomic E-state index is 0.454. The molecule has 7 heavy (non-hydrogen) atoms. The Morgan fingerprint density at radius 3 is 2.57 bits per heavy atom. The molecule has 0 heterocycles. The Balaban J connectivity index is 2.56. The highest BCUT2D eigenvalue weighted by Crippen LogP contribution is 1.91. The smallest absolute Gasteiger partial charge is 0.0811 e. The second-order valence-electron chi connectivity index (χ2n) is 1.41. The Bertz CT molecular complexity index is 45.3. The molecule has 0 aliphatic heterocycles. The lowest BCUT2D eigenvalue weighted by atomic mass is 10.3. The Hall–Kier alpha value is -0.400. The van der Waals surface area contributed by atoms with E-state index in [0.717, 1.165) is 19.3 Å². The van der Waals surface area contributed by atoms with Crippen molar-refractivity contribution in [2.45, 2.75) is 19.3 Å². The molecule has 0 aliphatic carbocycles. The molecule has 0 atom stereocenters. The molecule has 0 fully saturated rings. The molecular weight excluding hydrogens is 90.1 g/mol. The summed E-state index contributed by atoms with van der Waals surface area (Å²) in [6.45, 7) is 4.07. The van der Waals surface area contributed by atoms with Crippen molar-refractivity contribution in [1.82, 2.24) is 0 Å². The van der Waals surface area contributed by atoms with Gasteiger partial charge in [-0.25, -0.2) is 0 Å². The summed E-state index contributed by atoms with van der Waals surface area (Å²) in [5.74, 6) is 0. The zero-order valence-electron chi connectivity index (χ0n) is 4.39. The molecule has 0 spiro atoms. The van der Waals surface area contributed by atoms with Crippen LogP contribution >= 0.6 is 0 Å². The van der Waals surface area contributed by atoms with Gasteiger partial charge in [-0.05, 0) is 6.42 Å². The van der Waals surface area contributed by atoms with Crippen molar-refractivity contribution in [3.63, 3.8) is 0 Å². The summed E-state index contributed by atoms with van der Waals surface area (Å²) in [7, 11) is 0. The normalized spacial score (nSPS) is 8.71. The molecule has 0 unspecified atom stereocenters. The fraction of sp³-hybridized carbons (Fsp3) is 0.800. The molecule has 2 heteroatoms. The summed E-state index contributed by atoms with van der Waals surface area (Å²) in [5, 5.41) is 2.70. The highest BCUT2D eigenvalue weighted by Gasteiger charge is 1.80. The van der Waals surface area contributed by atoms with Crippen molar-refractivity contribution in [3.05, 3.63) is 11.8 Å². The first kappa shape index (κ1) is 6.60. The molecule has 1 radical (unpaired) electrons. The van der Waals surface area contributed by atoms with E-state index >= 15 is 0 Å². The van der Waals surface area contributed by atoms with Crippen LogP contribution in [-0.4, -0.2) is 6.54 Å². The average molecular weight is 100 g/mol. The second-order valence-corrected chi connectivity index (χ2v) is 1.41. The third-order valence-corrected chi connectivity index (χ3v) is 0.749. The molecular formula is C5H10NO. The number of hydrogen-bond acceptors (Lipinski definition) is 2.